The van der Waals surface area contributed by atoms with Crippen molar-refractivity contribution in [1.82, 2.24) is 0 Å². The summed E-state index contributed by atoms with van der Waals surface area (Å²) in [6.45, 7) is 1.34. The van der Waals surface area contributed by atoms with Gasteiger partial charge in [-0.2, -0.15) is 0 Å². The molecule has 0 atom stereocenters. The maximum absolute atomic E-state index is 12.8. The Morgan fingerprint density at radius 1 is 1.27 bits per heavy atom. The zero-order valence-corrected chi connectivity index (χ0v) is 17.3. The number of ether oxygens (including phenoxy) is 1. The number of thiocarbonyl (C=S) groups is 1. The van der Waals surface area contributed by atoms with E-state index in [0.29, 0.717) is 25.7 Å². The van der Waals surface area contributed by atoms with Crippen molar-refractivity contribution in [2.24, 2.45) is 0 Å². The molecule has 0 saturated carbocycles. The quantitative estimate of drug-likeness (QED) is 0.260. The number of hydrogen-bond donors (Lipinski definition) is 0. The summed E-state index contributed by atoms with van der Waals surface area (Å²) < 4.78 is 6.18. The molecule has 1 heterocycles. The molecule has 2 aromatic rings. The fourth-order valence-corrected chi connectivity index (χ4v) is 3.98. The molecule has 3 rings (SSSR count). The molecule has 2 aromatic carbocycles. The lowest BCUT2D eigenvalue weighted by atomic mass is 10.2. The highest BCUT2D eigenvalue weighted by Crippen LogP contribution is 2.38. The Labute approximate surface area is 173 Å². The van der Waals surface area contributed by atoms with Gasteiger partial charge in [-0.25, -0.2) is 0 Å². The second-order valence-corrected chi connectivity index (χ2v) is 8.22. The van der Waals surface area contributed by atoms with E-state index in [2.05, 4.69) is 15.9 Å². The van der Waals surface area contributed by atoms with Gasteiger partial charge < -0.3 is 4.74 Å². The lowest BCUT2D eigenvalue weighted by Gasteiger charge is -2.15. The lowest BCUT2D eigenvalue weighted by molar-refractivity contribution is -0.131. The maximum Gasteiger partial charge on any atom is 0.308 e. The Kier molecular flexibility index (Phi) is 5.82. The molecule has 1 saturated heterocycles. The summed E-state index contributed by atoms with van der Waals surface area (Å²) in [5, 5.41) is 0.501. The van der Waals surface area contributed by atoms with Crippen molar-refractivity contribution in [2.45, 2.75) is 6.92 Å². The molecule has 0 aliphatic carbocycles. The second-order valence-electron chi connectivity index (χ2n) is 5.28. The molecule has 8 heteroatoms. The van der Waals surface area contributed by atoms with Gasteiger partial charge in [-0.3, -0.25) is 14.5 Å². The van der Waals surface area contributed by atoms with Gasteiger partial charge in [0.25, 0.3) is 5.91 Å². The van der Waals surface area contributed by atoms with E-state index in [1.165, 1.54) is 23.6 Å². The highest BCUT2D eigenvalue weighted by atomic mass is 79.9. The fourth-order valence-electron chi connectivity index (χ4n) is 2.26. The standard InChI is InChI=1S/C18H11BrClNO3S2/c1-10(22)24-13-5-2-11(3-6-13)8-16-17(23)21(18(25)26-16)12-4-7-14(19)15(20)9-12/h2-9H,1H3/b16-8+. The first kappa shape index (κ1) is 19.1. The lowest BCUT2D eigenvalue weighted by Crippen LogP contribution is -2.27. The van der Waals surface area contributed by atoms with Crippen molar-refractivity contribution in [3.8, 4) is 5.75 Å². The molecule has 0 N–H and O–H groups in total. The first-order chi connectivity index (χ1) is 12.3. The van der Waals surface area contributed by atoms with Crippen molar-refractivity contribution in [3.05, 3.63) is 62.4 Å². The topological polar surface area (TPSA) is 46.6 Å². The Morgan fingerprint density at radius 2 is 1.96 bits per heavy atom. The molecular formula is C18H11BrClNO3S2. The van der Waals surface area contributed by atoms with Crippen molar-refractivity contribution in [3.63, 3.8) is 0 Å². The van der Waals surface area contributed by atoms with Crippen LogP contribution in [0.4, 0.5) is 5.69 Å². The van der Waals surface area contributed by atoms with E-state index in [0.717, 1.165) is 10.0 Å². The SMILES string of the molecule is CC(=O)Oc1ccc(/C=C2/SC(=S)N(c3ccc(Br)c(Cl)c3)C2=O)cc1. The van der Waals surface area contributed by atoms with Crippen LogP contribution < -0.4 is 9.64 Å². The van der Waals surface area contributed by atoms with E-state index in [1.54, 1.807) is 48.5 Å². The number of halogens is 2. The molecule has 132 valence electrons. The Hall–Kier alpha value is -1.67. The predicted octanol–water partition coefficient (Wildman–Crippen LogP) is 5.43. The Bertz CT molecular complexity index is 944. The molecule has 0 unspecified atom stereocenters. The van der Waals surface area contributed by atoms with Crippen LogP contribution in [-0.2, 0) is 9.59 Å². The van der Waals surface area contributed by atoms with Gasteiger partial charge in [0.05, 0.1) is 15.6 Å². The van der Waals surface area contributed by atoms with Gasteiger partial charge in [-0.1, -0.05) is 47.7 Å². The van der Waals surface area contributed by atoms with Gasteiger partial charge >= 0.3 is 5.97 Å². The van der Waals surface area contributed by atoms with Crippen LogP contribution in [0.15, 0.2) is 51.8 Å². The summed E-state index contributed by atoms with van der Waals surface area (Å²) in [4.78, 5) is 25.7. The number of carbonyl (C=O) groups is 2. The first-order valence-corrected chi connectivity index (χ1v) is 9.76. The molecule has 0 radical (unpaired) electrons. The van der Waals surface area contributed by atoms with Crippen molar-refractivity contribution >= 4 is 79.5 Å². The van der Waals surface area contributed by atoms with E-state index >= 15 is 0 Å². The molecule has 26 heavy (non-hydrogen) atoms. The normalized spacial score (nSPS) is 15.7. The molecular weight excluding hydrogens is 458 g/mol. The summed E-state index contributed by atoms with van der Waals surface area (Å²) >= 11 is 16.0. The van der Waals surface area contributed by atoms with Crippen LogP contribution in [0.5, 0.6) is 5.75 Å². The number of esters is 1. The molecule has 0 spiro atoms. The monoisotopic (exact) mass is 467 g/mol. The molecule has 4 nitrogen and oxygen atoms in total. The van der Waals surface area contributed by atoms with Crippen LogP contribution in [0.25, 0.3) is 6.08 Å². The van der Waals surface area contributed by atoms with E-state index < -0.39 is 0 Å². The third-order valence-electron chi connectivity index (χ3n) is 3.39. The number of carbonyl (C=O) groups excluding carboxylic acids is 2. The number of anilines is 1. The van der Waals surface area contributed by atoms with Crippen LogP contribution in [0, 0.1) is 0 Å². The average Bonchev–Trinajstić information content (AvgIpc) is 2.85. The van der Waals surface area contributed by atoms with Crippen molar-refractivity contribution in [2.75, 3.05) is 4.90 Å². The Morgan fingerprint density at radius 3 is 2.58 bits per heavy atom. The molecule has 0 aromatic heterocycles. The first-order valence-electron chi connectivity index (χ1n) is 7.36. The van der Waals surface area contributed by atoms with Crippen LogP contribution in [0.3, 0.4) is 0 Å². The van der Waals surface area contributed by atoms with Crippen LogP contribution in [-0.4, -0.2) is 16.2 Å². The van der Waals surface area contributed by atoms with Crippen LogP contribution in [0.1, 0.15) is 12.5 Å². The molecule has 1 amide bonds. The smallest absolute Gasteiger partial charge is 0.308 e. The molecule has 1 fully saturated rings. The predicted molar refractivity (Wildman–Crippen MR) is 113 cm³/mol. The molecule has 1 aliphatic rings. The number of hydrogen-bond acceptors (Lipinski definition) is 5. The average molecular weight is 469 g/mol. The third kappa shape index (κ3) is 4.17. The van der Waals surface area contributed by atoms with Gasteiger partial charge in [-0.05, 0) is 57.9 Å². The minimum absolute atomic E-state index is 0.206. The fraction of sp³-hybridized carbons (Fsp3) is 0.0556. The zero-order valence-electron chi connectivity index (χ0n) is 13.4. The number of benzene rings is 2. The summed E-state index contributed by atoms with van der Waals surface area (Å²) in [6, 6.07) is 12.1. The molecule has 0 bridgehead atoms. The largest absolute Gasteiger partial charge is 0.427 e. The van der Waals surface area contributed by atoms with Gasteiger partial charge in [-0.15, -0.1) is 0 Å². The summed E-state index contributed by atoms with van der Waals surface area (Å²) in [5.74, 6) is -0.138. The van der Waals surface area contributed by atoms with Crippen molar-refractivity contribution < 1.29 is 14.3 Å². The van der Waals surface area contributed by atoms with E-state index in [9.17, 15) is 9.59 Å². The van der Waals surface area contributed by atoms with Gasteiger partial charge in [0.15, 0.2) is 4.32 Å². The summed E-state index contributed by atoms with van der Waals surface area (Å²) in [7, 11) is 0. The zero-order chi connectivity index (χ0) is 18.8. The Balaban J connectivity index is 1.85. The minimum Gasteiger partial charge on any atom is -0.427 e. The van der Waals surface area contributed by atoms with Gasteiger partial charge in [0, 0.05) is 11.4 Å². The number of rotatable bonds is 3. The number of nitrogens with zero attached hydrogens (tertiary/aromatic N) is 1. The van der Waals surface area contributed by atoms with Crippen LogP contribution in [0.2, 0.25) is 5.02 Å². The third-order valence-corrected chi connectivity index (χ3v) is 5.93. The highest BCUT2D eigenvalue weighted by molar-refractivity contribution is 9.10. The van der Waals surface area contributed by atoms with Crippen molar-refractivity contribution in [1.29, 1.82) is 0 Å². The number of amides is 1. The van der Waals surface area contributed by atoms with Crippen LogP contribution >= 0.6 is 51.5 Å². The second kappa shape index (κ2) is 7.92. The summed E-state index contributed by atoms with van der Waals surface area (Å²) in [6.07, 6.45) is 1.75. The highest BCUT2D eigenvalue weighted by Gasteiger charge is 2.33. The van der Waals surface area contributed by atoms with E-state index in [4.69, 9.17) is 28.6 Å². The molecule has 1 aliphatic heterocycles. The van der Waals surface area contributed by atoms with Gasteiger partial charge in [0.1, 0.15) is 5.75 Å². The van der Waals surface area contributed by atoms with E-state index in [-0.39, 0.29) is 11.9 Å². The summed E-state index contributed by atoms with van der Waals surface area (Å²) in [5.41, 5.74) is 1.42. The maximum atomic E-state index is 12.8. The number of thioether (sulfide) groups is 1. The van der Waals surface area contributed by atoms with Gasteiger partial charge in [0.2, 0.25) is 0 Å². The minimum atomic E-state index is -0.383. The van der Waals surface area contributed by atoms with E-state index in [1.807, 2.05) is 0 Å².